The first-order valence-corrected chi connectivity index (χ1v) is 6.39. The lowest BCUT2D eigenvalue weighted by Crippen LogP contribution is -2.38. The molecule has 7 nitrogen and oxygen atoms in total. The Morgan fingerprint density at radius 3 is 2.85 bits per heavy atom. The second-order valence-corrected chi connectivity index (χ2v) is 4.90. The van der Waals surface area contributed by atoms with Crippen LogP contribution in [0.1, 0.15) is 28.8 Å². The number of hydrogen-bond donors (Lipinski definition) is 2. The molecule has 1 saturated heterocycles. The normalized spacial score (nSPS) is 19.8. The molecule has 20 heavy (non-hydrogen) atoms. The Labute approximate surface area is 115 Å². The monoisotopic (exact) mass is 280 g/mol. The molecule has 1 aromatic rings. The highest BCUT2D eigenvalue weighted by atomic mass is 16.6. The van der Waals surface area contributed by atoms with E-state index in [1.54, 1.807) is 6.07 Å². The number of rotatable bonds is 4. The van der Waals surface area contributed by atoms with E-state index in [1.165, 1.54) is 12.1 Å². The molecule has 0 amide bonds. The largest absolute Gasteiger partial charge is 0.477 e. The summed E-state index contributed by atoms with van der Waals surface area (Å²) < 4.78 is 0. The van der Waals surface area contributed by atoms with Crippen LogP contribution in [0.5, 0.6) is 0 Å². The first-order chi connectivity index (χ1) is 9.49. The van der Waals surface area contributed by atoms with E-state index < -0.39 is 22.7 Å². The first-order valence-electron chi connectivity index (χ1n) is 6.39. The van der Waals surface area contributed by atoms with E-state index >= 15 is 0 Å². The third-order valence-corrected chi connectivity index (χ3v) is 3.41. The van der Waals surface area contributed by atoms with Crippen molar-refractivity contribution in [3.63, 3.8) is 0 Å². The molecule has 1 aliphatic heterocycles. The summed E-state index contributed by atoms with van der Waals surface area (Å²) in [6.45, 7) is 1.50. The molecule has 0 aliphatic carbocycles. The Morgan fingerprint density at radius 1 is 1.50 bits per heavy atom. The van der Waals surface area contributed by atoms with Gasteiger partial charge in [0, 0.05) is 19.2 Å². The molecule has 1 heterocycles. The molecule has 0 spiro atoms. The summed E-state index contributed by atoms with van der Waals surface area (Å²) in [6, 6.07) is 4.26. The molecular weight excluding hydrogens is 264 g/mol. The summed E-state index contributed by atoms with van der Waals surface area (Å²) in [7, 11) is 0. The van der Waals surface area contributed by atoms with E-state index in [0.717, 1.165) is 19.4 Å². The lowest BCUT2D eigenvalue weighted by molar-refractivity contribution is -0.385. The molecule has 0 aromatic heterocycles. The van der Waals surface area contributed by atoms with Crippen LogP contribution in [0.25, 0.3) is 0 Å². The molecule has 0 radical (unpaired) electrons. The van der Waals surface area contributed by atoms with Crippen LogP contribution < -0.4 is 0 Å². The molecule has 2 rings (SSSR count). The second kappa shape index (κ2) is 5.98. The zero-order chi connectivity index (χ0) is 14.7. The van der Waals surface area contributed by atoms with Crippen LogP contribution in [0.15, 0.2) is 18.2 Å². The van der Waals surface area contributed by atoms with Gasteiger partial charge in [-0.15, -0.1) is 0 Å². The first kappa shape index (κ1) is 14.4. The predicted octanol–water partition coefficient (Wildman–Crippen LogP) is 1.25. The molecule has 0 bridgehead atoms. The van der Waals surface area contributed by atoms with Crippen molar-refractivity contribution in [2.45, 2.75) is 25.5 Å². The van der Waals surface area contributed by atoms with Crippen LogP contribution in [0.3, 0.4) is 0 Å². The summed E-state index contributed by atoms with van der Waals surface area (Å²) in [6.07, 6.45) is 1.14. The number of β-amino-alcohol motifs (C(OH)–C–C–N with tert-alkyl or cyclic N) is 1. The van der Waals surface area contributed by atoms with Crippen LogP contribution in [-0.4, -0.2) is 45.2 Å². The molecule has 1 unspecified atom stereocenters. The van der Waals surface area contributed by atoms with E-state index in [2.05, 4.69) is 0 Å². The van der Waals surface area contributed by atoms with Gasteiger partial charge in [0.05, 0.1) is 11.0 Å². The fourth-order valence-corrected chi connectivity index (χ4v) is 2.53. The van der Waals surface area contributed by atoms with Crippen LogP contribution in [-0.2, 0) is 6.54 Å². The van der Waals surface area contributed by atoms with Gasteiger partial charge in [0.1, 0.15) is 5.56 Å². The molecule has 0 saturated carbocycles. The molecular formula is C13H16N2O5. The van der Waals surface area contributed by atoms with Crippen LogP contribution in [0.4, 0.5) is 5.69 Å². The Morgan fingerprint density at radius 2 is 2.25 bits per heavy atom. The fourth-order valence-electron chi connectivity index (χ4n) is 2.53. The maximum absolute atomic E-state index is 11.3. The van der Waals surface area contributed by atoms with Gasteiger partial charge in [0.25, 0.3) is 5.69 Å². The highest BCUT2D eigenvalue weighted by molar-refractivity contribution is 5.94. The number of benzene rings is 1. The minimum absolute atomic E-state index is 0.266. The minimum Gasteiger partial charge on any atom is -0.477 e. The minimum atomic E-state index is -1.30. The van der Waals surface area contributed by atoms with Crippen molar-refractivity contribution in [2.75, 3.05) is 13.1 Å². The average molecular weight is 280 g/mol. The average Bonchev–Trinajstić information content (AvgIpc) is 2.38. The second-order valence-electron chi connectivity index (χ2n) is 4.90. The number of nitro groups is 1. The van der Waals surface area contributed by atoms with Gasteiger partial charge >= 0.3 is 5.97 Å². The van der Waals surface area contributed by atoms with Gasteiger partial charge in [-0.25, -0.2) is 4.79 Å². The number of aliphatic hydroxyl groups excluding tert-OH is 1. The standard InChI is InChI=1S/C13H16N2O5/c16-10-4-2-6-14(8-10)7-9-3-1-5-11(15(19)20)12(9)13(17)18/h1,3,5,10,16H,2,4,6-8H2,(H,17,18). The van der Waals surface area contributed by atoms with Crippen molar-refractivity contribution in [3.8, 4) is 0 Å². The van der Waals surface area contributed by atoms with Gasteiger partial charge < -0.3 is 10.2 Å². The van der Waals surface area contributed by atoms with Gasteiger partial charge in [-0.05, 0) is 24.9 Å². The molecule has 2 N–H and O–H groups in total. The lowest BCUT2D eigenvalue weighted by Gasteiger charge is -2.30. The molecule has 1 aromatic carbocycles. The quantitative estimate of drug-likeness (QED) is 0.635. The number of aliphatic hydroxyl groups is 1. The van der Waals surface area contributed by atoms with Crippen molar-refractivity contribution in [3.05, 3.63) is 39.4 Å². The number of likely N-dealkylation sites (tertiary alicyclic amines) is 1. The fraction of sp³-hybridized carbons (Fsp3) is 0.462. The van der Waals surface area contributed by atoms with E-state index in [4.69, 9.17) is 0 Å². The topological polar surface area (TPSA) is 104 Å². The van der Waals surface area contributed by atoms with Crippen LogP contribution in [0.2, 0.25) is 0 Å². The molecule has 1 atom stereocenters. The van der Waals surface area contributed by atoms with Gasteiger partial charge in [0.15, 0.2) is 0 Å². The van der Waals surface area contributed by atoms with Crippen LogP contribution in [0, 0.1) is 10.1 Å². The smallest absolute Gasteiger partial charge is 0.343 e. The van der Waals surface area contributed by atoms with Crippen molar-refractivity contribution in [1.82, 2.24) is 4.90 Å². The number of piperidine rings is 1. The zero-order valence-electron chi connectivity index (χ0n) is 10.9. The van der Waals surface area contributed by atoms with E-state index in [0.29, 0.717) is 18.7 Å². The van der Waals surface area contributed by atoms with Gasteiger partial charge in [-0.3, -0.25) is 15.0 Å². The van der Waals surface area contributed by atoms with Crippen molar-refractivity contribution >= 4 is 11.7 Å². The summed E-state index contributed by atoms with van der Waals surface area (Å²) in [4.78, 5) is 23.4. The van der Waals surface area contributed by atoms with Crippen molar-refractivity contribution in [2.24, 2.45) is 0 Å². The SMILES string of the molecule is O=C(O)c1c(CN2CCCC(O)C2)cccc1[N+](=O)[O-]. The van der Waals surface area contributed by atoms with E-state index in [-0.39, 0.29) is 5.56 Å². The Balaban J connectivity index is 2.29. The zero-order valence-corrected chi connectivity index (χ0v) is 10.9. The lowest BCUT2D eigenvalue weighted by atomic mass is 10.0. The highest BCUT2D eigenvalue weighted by Gasteiger charge is 2.25. The van der Waals surface area contributed by atoms with E-state index in [9.17, 15) is 25.1 Å². The van der Waals surface area contributed by atoms with Gasteiger partial charge in [-0.1, -0.05) is 12.1 Å². The number of nitrogens with zero attached hydrogens (tertiary/aromatic N) is 2. The van der Waals surface area contributed by atoms with Gasteiger partial charge in [-0.2, -0.15) is 0 Å². The Hall–Kier alpha value is -1.99. The third kappa shape index (κ3) is 3.12. The maximum Gasteiger partial charge on any atom is 0.343 e. The Bertz CT molecular complexity index is 531. The number of carbonyl (C=O) groups is 1. The number of hydrogen-bond acceptors (Lipinski definition) is 5. The summed E-state index contributed by atoms with van der Waals surface area (Å²) in [5.41, 5.74) is -0.258. The molecule has 1 fully saturated rings. The molecule has 7 heteroatoms. The predicted molar refractivity (Wildman–Crippen MR) is 70.6 cm³/mol. The van der Waals surface area contributed by atoms with Crippen molar-refractivity contribution in [1.29, 1.82) is 0 Å². The summed E-state index contributed by atoms with van der Waals surface area (Å²) in [5, 5.41) is 29.7. The van der Waals surface area contributed by atoms with Crippen LogP contribution >= 0.6 is 0 Å². The highest BCUT2D eigenvalue weighted by Crippen LogP contribution is 2.24. The molecule has 108 valence electrons. The maximum atomic E-state index is 11.3. The van der Waals surface area contributed by atoms with Crippen molar-refractivity contribution < 1.29 is 19.9 Å². The molecule has 1 aliphatic rings. The number of aromatic carboxylic acids is 1. The van der Waals surface area contributed by atoms with Gasteiger partial charge in [0.2, 0.25) is 0 Å². The number of carboxylic acids is 1. The summed E-state index contributed by atoms with van der Waals surface area (Å²) in [5.74, 6) is -1.30. The van der Waals surface area contributed by atoms with E-state index in [1.807, 2.05) is 4.90 Å². The number of nitro benzene ring substituents is 1. The number of carboxylic acid groups (broad SMARTS) is 1. The third-order valence-electron chi connectivity index (χ3n) is 3.41. The summed E-state index contributed by atoms with van der Waals surface area (Å²) >= 11 is 0. The Kier molecular flexibility index (Phi) is 4.31.